The average Bonchev–Trinajstić information content (AvgIpc) is 2.33. The van der Waals surface area contributed by atoms with Gasteiger partial charge in [-0.15, -0.1) is 0 Å². The summed E-state index contributed by atoms with van der Waals surface area (Å²) in [6.45, 7) is 2.22. The van der Waals surface area contributed by atoms with Crippen LogP contribution in [0.4, 0.5) is 5.69 Å². The third-order valence-electron chi connectivity index (χ3n) is 2.66. The van der Waals surface area contributed by atoms with Crippen LogP contribution >= 0.6 is 22.6 Å². The summed E-state index contributed by atoms with van der Waals surface area (Å²) in [5, 5.41) is 3.55. The van der Waals surface area contributed by atoms with Crippen molar-refractivity contribution < 1.29 is 0 Å². The van der Waals surface area contributed by atoms with Gasteiger partial charge >= 0.3 is 0 Å². The van der Waals surface area contributed by atoms with Crippen molar-refractivity contribution >= 4 is 28.3 Å². The minimum Gasteiger partial charge on any atom is -0.381 e. The van der Waals surface area contributed by atoms with Crippen molar-refractivity contribution in [2.75, 3.05) is 5.32 Å². The molecule has 0 aliphatic rings. The van der Waals surface area contributed by atoms with Crippen LogP contribution in [-0.2, 0) is 6.42 Å². The molecule has 0 bridgehead atoms. The molecule has 2 aromatic carbocycles. The molecule has 88 valence electrons. The Morgan fingerprint density at radius 2 is 1.65 bits per heavy atom. The normalized spacial score (nSPS) is 12.1. The Bertz CT molecular complexity index is 467. The van der Waals surface area contributed by atoms with E-state index in [0.29, 0.717) is 6.04 Å². The van der Waals surface area contributed by atoms with E-state index in [1.165, 1.54) is 14.8 Å². The van der Waals surface area contributed by atoms with Gasteiger partial charge in [0.15, 0.2) is 0 Å². The molecule has 0 amide bonds. The van der Waals surface area contributed by atoms with Gasteiger partial charge in [0.25, 0.3) is 0 Å². The maximum absolute atomic E-state index is 3.55. The lowest BCUT2D eigenvalue weighted by molar-refractivity contribution is 0.789. The number of hydrogen-bond acceptors (Lipinski definition) is 1. The maximum atomic E-state index is 3.55. The van der Waals surface area contributed by atoms with Crippen LogP contribution in [0.5, 0.6) is 0 Å². The van der Waals surface area contributed by atoms with Crippen LogP contribution in [0.3, 0.4) is 0 Å². The summed E-state index contributed by atoms with van der Waals surface area (Å²) in [5.41, 5.74) is 2.59. The molecule has 0 saturated heterocycles. The van der Waals surface area contributed by atoms with Crippen molar-refractivity contribution in [3.63, 3.8) is 0 Å². The molecular weight excluding hydrogens is 321 g/mol. The van der Waals surface area contributed by atoms with Gasteiger partial charge in [0.05, 0.1) is 0 Å². The zero-order valence-corrected chi connectivity index (χ0v) is 12.0. The summed E-state index contributed by atoms with van der Waals surface area (Å²) in [6.07, 6.45) is 1.05. The molecule has 17 heavy (non-hydrogen) atoms. The van der Waals surface area contributed by atoms with Crippen molar-refractivity contribution in [3.05, 3.63) is 63.7 Å². The highest BCUT2D eigenvalue weighted by molar-refractivity contribution is 14.1. The van der Waals surface area contributed by atoms with E-state index in [1.54, 1.807) is 0 Å². The first-order valence-corrected chi connectivity index (χ1v) is 6.88. The predicted molar refractivity (Wildman–Crippen MR) is 82.4 cm³/mol. The third kappa shape index (κ3) is 3.73. The van der Waals surface area contributed by atoms with Crippen molar-refractivity contribution in [3.8, 4) is 0 Å². The van der Waals surface area contributed by atoms with E-state index in [2.05, 4.69) is 89.4 Å². The number of benzene rings is 2. The highest BCUT2D eigenvalue weighted by Gasteiger charge is 2.05. The molecular formula is C15H16IN. The highest BCUT2D eigenvalue weighted by atomic mass is 127. The Kier molecular flexibility index (Phi) is 4.42. The first kappa shape index (κ1) is 12.4. The van der Waals surface area contributed by atoms with Crippen LogP contribution in [-0.4, -0.2) is 6.04 Å². The van der Waals surface area contributed by atoms with Gasteiger partial charge in [-0.25, -0.2) is 0 Å². The molecule has 1 unspecified atom stereocenters. The van der Waals surface area contributed by atoms with Gasteiger partial charge in [-0.1, -0.05) is 42.5 Å². The van der Waals surface area contributed by atoms with Crippen LogP contribution < -0.4 is 5.32 Å². The average molecular weight is 337 g/mol. The van der Waals surface area contributed by atoms with Gasteiger partial charge in [-0.3, -0.25) is 0 Å². The van der Waals surface area contributed by atoms with E-state index >= 15 is 0 Å². The second-order valence-corrected chi connectivity index (χ2v) is 5.38. The van der Waals surface area contributed by atoms with Gasteiger partial charge in [0, 0.05) is 15.3 Å². The molecule has 0 fully saturated rings. The summed E-state index contributed by atoms with van der Waals surface area (Å²) in [5.74, 6) is 0. The number of halogens is 1. The van der Waals surface area contributed by atoms with Gasteiger partial charge in [-0.2, -0.15) is 0 Å². The lowest BCUT2D eigenvalue weighted by Crippen LogP contribution is -2.18. The Hall–Kier alpha value is -1.03. The fourth-order valence-corrected chi connectivity index (χ4v) is 2.41. The summed E-state index contributed by atoms with van der Waals surface area (Å²) in [7, 11) is 0. The van der Waals surface area contributed by atoms with Crippen molar-refractivity contribution in [2.45, 2.75) is 19.4 Å². The smallest absolute Gasteiger partial charge is 0.0478 e. The van der Waals surface area contributed by atoms with Crippen LogP contribution in [0, 0.1) is 3.57 Å². The summed E-state index contributed by atoms with van der Waals surface area (Å²) in [6, 6.07) is 19.4. The van der Waals surface area contributed by atoms with Gasteiger partial charge in [0.1, 0.15) is 0 Å². The monoisotopic (exact) mass is 337 g/mol. The van der Waals surface area contributed by atoms with Crippen LogP contribution in [0.25, 0.3) is 0 Å². The Labute approximate surface area is 116 Å². The zero-order valence-electron chi connectivity index (χ0n) is 9.86. The number of para-hydroxylation sites is 1. The number of anilines is 1. The lowest BCUT2D eigenvalue weighted by Gasteiger charge is -2.16. The van der Waals surface area contributed by atoms with Crippen LogP contribution in [0.15, 0.2) is 54.6 Å². The van der Waals surface area contributed by atoms with E-state index in [1.807, 2.05) is 0 Å². The minimum atomic E-state index is 0.438. The Morgan fingerprint density at radius 3 is 2.35 bits per heavy atom. The number of nitrogens with one attached hydrogen (secondary N) is 1. The molecule has 2 aromatic rings. The molecule has 1 atom stereocenters. The molecule has 0 aliphatic carbocycles. The van der Waals surface area contributed by atoms with E-state index in [9.17, 15) is 0 Å². The third-order valence-corrected chi connectivity index (χ3v) is 3.60. The van der Waals surface area contributed by atoms with Crippen molar-refractivity contribution in [1.29, 1.82) is 0 Å². The van der Waals surface area contributed by atoms with E-state index in [0.717, 1.165) is 6.42 Å². The second kappa shape index (κ2) is 6.05. The maximum Gasteiger partial charge on any atom is 0.0478 e. The topological polar surface area (TPSA) is 12.0 Å². The molecule has 1 N–H and O–H groups in total. The van der Waals surface area contributed by atoms with Gasteiger partial charge in [-0.05, 0) is 53.6 Å². The second-order valence-electron chi connectivity index (χ2n) is 4.21. The summed E-state index contributed by atoms with van der Waals surface area (Å²) >= 11 is 2.36. The summed E-state index contributed by atoms with van der Waals surface area (Å²) in [4.78, 5) is 0. The largest absolute Gasteiger partial charge is 0.381 e. The molecule has 0 heterocycles. The van der Waals surface area contributed by atoms with E-state index in [-0.39, 0.29) is 0 Å². The first-order chi connectivity index (χ1) is 8.25. The van der Waals surface area contributed by atoms with Crippen LogP contribution in [0.1, 0.15) is 12.5 Å². The SMILES string of the molecule is CC(Cc1ccccc1)Nc1ccccc1I. The molecule has 2 rings (SSSR count). The molecule has 0 aliphatic heterocycles. The molecule has 1 nitrogen and oxygen atoms in total. The molecule has 0 saturated carbocycles. The highest BCUT2D eigenvalue weighted by Crippen LogP contribution is 2.18. The van der Waals surface area contributed by atoms with Crippen molar-refractivity contribution in [2.24, 2.45) is 0 Å². The predicted octanol–water partition coefficient (Wildman–Crippen LogP) is 4.33. The van der Waals surface area contributed by atoms with Gasteiger partial charge in [0.2, 0.25) is 0 Å². The quantitative estimate of drug-likeness (QED) is 0.819. The van der Waals surface area contributed by atoms with Gasteiger partial charge < -0.3 is 5.32 Å². The van der Waals surface area contributed by atoms with E-state index in [4.69, 9.17) is 0 Å². The first-order valence-electron chi connectivity index (χ1n) is 5.80. The Morgan fingerprint density at radius 1 is 1.00 bits per heavy atom. The fourth-order valence-electron chi connectivity index (χ4n) is 1.86. The molecule has 0 radical (unpaired) electrons. The molecule has 0 aromatic heterocycles. The van der Waals surface area contributed by atoms with E-state index < -0.39 is 0 Å². The van der Waals surface area contributed by atoms with Crippen LogP contribution in [0.2, 0.25) is 0 Å². The number of hydrogen-bond donors (Lipinski definition) is 1. The van der Waals surface area contributed by atoms with Crippen molar-refractivity contribution in [1.82, 2.24) is 0 Å². The standard InChI is InChI=1S/C15H16IN/c1-12(11-13-7-3-2-4-8-13)17-15-10-6-5-9-14(15)16/h2-10,12,17H,11H2,1H3. The summed E-state index contributed by atoms with van der Waals surface area (Å²) < 4.78 is 1.27. The fraction of sp³-hybridized carbons (Fsp3) is 0.200. The lowest BCUT2D eigenvalue weighted by atomic mass is 10.1. The minimum absolute atomic E-state index is 0.438. The number of rotatable bonds is 4. The zero-order chi connectivity index (χ0) is 12.1. The molecule has 0 spiro atoms. The molecule has 2 heteroatoms. The Balaban J connectivity index is 1.98.